The van der Waals surface area contributed by atoms with Crippen molar-refractivity contribution in [2.24, 2.45) is 0 Å². The lowest BCUT2D eigenvalue weighted by Gasteiger charge is -2.01. The van der Waals surface area contributed by atoms with Gasteiger partial charge in [0, 0.05) is 5.56 Å². The lowest BCUT2D eigenvalue weighted by Crippen LogP contribution is -1.88. The lowest BCUT2D eigenvalue weighted by atomic mass is 10.1. The summed E-state index contributed by atoms with van der Waals surface area (Å²) in [6.07, 6.45) is 0. The van der Waals surface area contributed by atoms with Crippen LogP contribution < -0.4 is 4.74 Å². The van der Waals surface area contributed by atoms with Crippen molar-refractivity contribution in [3.05, 3.63) is 29.3 Å². The first-order chi connectivity index (χ1) is 6.81. The quantitative estimate of drug-likeness (QED) is 0.558. The van der Waals surface area contributed by atoms with Gasteiger partial charge in [0.25, 0.3) is 0 Å². The normalized spacial score (nSPS) is 8.36. The summed E-state index contributed by atoms with van der Waals surface area (Å²) in [5.41, 5.74) is 1.30. The predicted molar refractivity (Wildman–Crippen MR) is 58.4 cm³/mol. The Labute approximate surface area is 88.9 Å². The van der Waals surface area contributed by atoms with Gasteiger partial charge in [-0.3, -0.25) is 0 Å². The standard InChI is InChI=1S/C11H9NOS/c1-13-11-5-4-9(3-2-6-14)7-10(11)8-12/h4-5,7,14H,6H2,1H3. The molecule has 0 aliphatic rings. The Morgan fingerprint density at radius 1 is 1.50 bits per heavy atom. The van der Waals surface area contributed by atoms with Crippen molar-refractivity contribution in [3.63, 3.8) is 0 Å². The van der Waals surface area contributed by atoms with Crippen LogP contribution >= 0.6 is 12.6 Å². The van der Waals surface area contributed by atoms with Gasteiger partial charge in [-0.15, -0.1) is 0 Å². The highest BCUT2D eigenvalue weighted by molar-refractivity contribution is 7.80. The first-order valence-corrected chi connectivity index (χ1v) is 4.63. The zero-order valence-electron chi connectivity index (χ0n) is 7.74. The molecule has 1 aromatic carbocycles. The van der Waals surface area contributed by atoms with Crippen LogP contribution in [0.15, 0.2) is 18.2 Å². The van der Waals surface area contributed by atoms with Crippen LogP contribution in [-0.2, 0) is 0 Å². The summed E-state index contributed by atoms with van der Waals surface area (Å²) in [6, 6.07) is 7.31. The van der Waals surface area contributed by atoms with Crippen LogP contribution in [0.25, 0.3) is 0 Å². The number of benzene rings is 1. The molecule has 70 valence electrons. The summed E-state index contributed by atoms with van der Waals surface area (Å²) >= 11 is 3.98. The van der Waals surface area contributed by atoms with Crippen LogP contribution in [0, 0.1) is 23.2 Å². The second kappa shape index (κ2) is 5.21. The average Bonchev–Trinajstić information content (AvgIpc) is 2.25. The van der Waals surface area contributed by atoms with Crippen LogP contribution in [0.3, 0.4) is 0 Å². The van der Waals surface area contributed by atoms with Gasteiger partial charge in [0.1, 0.15) is 11.8 Å². The summed E-state index contributed by atoms with van der Waals surface area (Å²) in [7, 11) is 1.54. The third-order valence-electron chi connectivity index (χ3n) is 1.63. The summed E-state index contributed by atoms with van der Waals surface area (Å²) < 4.78 is 5.01. The number of rotatable bonds is 1. The van der Waals surface area contributed by atoms with E-state index in [1.807, 2.05) is 6.07 Å². The Bertz CT molecular complexity index is 423. The minimum Gasteiger partial charge on any atom is -0.495 e. The maximum atomic E-state index is 8.81. The summed E-state index contributed by atoms with van der Waals surface area (Å²) in [6.45, 7) is 0. The second-order valence-electron chi connectivity index (χ2n) is 2.49. The third-order valence-corrected chi connectivity index (χ3v) is 1.79. The molecular weight excluding hydrogens is 194 g/mol. The number of methoxy groups -OCH3 is 1. The Morgan fingerprint density at radius 3 is 2.86 bits per heavy atom. The van der Waals surface area contributed by atoms with Gasteiger partial charge in [0.15, 0.2) is 0 Å². The summed E-state index contributed by atoms with van der Waals surface area (Å²) in [4.78, 5) is 0. The van der Waals surface area contributed by atoms with Crippen LogP contribution in [0.5, 0.6) is 5.75 Å². The van der Waals surface area contributed by atoms with E-state index in [9.17, 15) is 0 Å². The van der Waals surface area contributed by atoms with Crippen molar-refractivity contribution in [2.75, 3.05) is 12.9 Å². The molecule has 0 radical (unpaired) electrons. The molecule has 0 bridgehead atoms. The van der Waals surface area contributed by atoms with Crippen LogP contribution in [0.2, 0.25) is 0 Å². The molecule has 0 spiro atoms. The third kappa shape index (κ3) is 2.45. The molecule has 0 N–H and O–H groups in total. The SMILES string of the molecule is COc1ccc(C#CCS)cc1C#N. The van der Waals surface area contributed by atoms with Crippen LogP contribution in [0.1, 0.15) is 11.1 Å². The van der Waals surface area contributed by atoms with E-state index in [0.29, 0.717) is 17.1 Å². The van der Waals surface area contributed by atoms with E-state index in [4.69, 9.17) is 10.00 Å². The molecule has 1 aromatic rings. The first-order valence-electron chi connectivity index (χ1n) is 3.99. The number of thiol groups is 1. The van der Waals surface area contributed by atoms with Crippen molar-refractivity contribution in [1.29, 1.82) is 5.26 Å². The Kier molecular flexibility index (Phi) is 3.91. The van der Waals surface area contributed by atoms with Gasteiger partial charge in [-0.2, -0.15) is 17.9 Å². The molecule has 0 amide bonds. The van der Waals surface area contributed by atoms with Gasteiger partial charge < -0.3 is 4.74 Å². The molecule has 0 fully saturated rings. The molecule has 3 heteroatoms. The fourth-order valence-corrected chi connectivity index (χ4v) is 1.09. The van der Waals surface area contributed by atoms with Gasteiger partial charge in [-0.05, 0) is 18.2 Å². The Balaban J connectivity index is 3.09. The monoisotopic (exact) mass is 203 g/mol. The predicted octanol–water partition coefficient (Wildman–Crippen LogP) is 1.85. The topological polar surface area (TPSA) is 33.0 Å². The van der Waals surface area contributed by atoms with Gasteiger partial charge >= 0.3 is 0 Å². The van der Waals surface area contributed by atoms with Gasteiger partial charge in [0.2, 0.25) is 0 Å². The molecule has 0 saturated heterocycles. The largest absolute Gasteiger partial charge is 0.495 e. The highest BCUT2D eigenvalue weighted by Gasteiger charge is 2.01. The molecule has 2 nitrogen and oxygen atoms in total. The first kappa shape index (κ1) is 10.5. The molecule has 0 aliphatic heterocycles. The molecule has 0 saturated carbocycles. The maximum absolute atomic E-state index is 8.81. The van der Waals surface area contributed by atoms with Crippen LogP contribution in [0.4, 0.5) is 0 Å². The molecule has 1 rings (SSSR count). The van der Waals surface area contributed by atoms with Crippen LogP contribution in [-0.4, -0.2) is 12.9 Å². The van der Waals surface area contributed by atoms with E-state index < -0.39 is 0 Å². The van der Waals surface area contributed by atoms with E-state index in [0.717, 1.165) is 5.56 Å². The number of hydrogen-bond acceptors (Lipinski definition) is 3. The van der Waals surface area contributed by atoms with E-state index in [1.54, 1.807) is 12.1 Å². The Morgan fingerprint density at radius 2 is 2.29 bits per heavy atom. The number of nitrogens with zero attached hydrogens (tertiary/aromatic N) is 1. The van der Waals surface area contributed by atoms with Gasteiger partial charge in [-0.25, -0.2) is 0 Å². The van der Waals surface area contributed by atoms with Crippen molar-refractivity contribution < 1.29 is 4.74 Å². The second-order valence-corrected chi connectivity index (χ2v) is 2.80. The smallest absolute Gasteiger partial charge is 0.136 e. The van der Waals surface area contributed by atoms with E-state index in [-0.39, 0.29) is 0 Å². The van der Waals surface area contributed by atoms with Gasteiger partial charge in [0.05, 0.1) is 18.4 Å². The lowest BCUT2D eigenvalue weighted by molar-refractivity contribution is 0.413. The minimum absolute atomic E-state index is 0.499. The van der Waals surface area contributed by atoms with Crippen molar-refractivity contribution in [3.8, 4) is 23.7 Å². The van der Waals surface area contributed by atoms with E-state index >= 15 is 0 Å². The molecule has 0 aromatic heterocycles. The molecule has 0 heterocycles. The molecule has 0 unspecified atom stereocenters. The van der Waals surface area contributed by atoms with E-state index in [1.165, 1.54) is 7.11 Å². The molecule has 0 atom stereocenters. The average molecular weight is 203 g/mol. The van der Waals surface area contributed by atoms with Crippen molar-refractivity contribution in [2.45, 2.75) is 0 Å². The molecule has 0 aliphatic carbocycles. The highest BCUT2D eigenvalue weighted by atomic mass is 32.1. The Hall–Kier alpha value is -1.58. The maximum Gasteiger partial charge on any atom is 0.136 e. The zero-order chi connectivity index (χ0) is 10.4. The number of nitriles is 1. The zero-order valence-corrected chi connectivity index (χ0v) is 8.64. The van der Waals surface area contributed by atoms with Crippen molar-refractivity contribution in [1.82, 2.24) is 0 Å². The van der Waals surface area contributed by atoms with Crippen molar-refractivity contribution >= 4 is 12.6 Å². The fraction of sp³-hybridized carbons (Fsp3) is 0.182. The summed E-state index contributed by atoms with van der Waals surface area (Å²) in [5.74, 6) is 6.79. The fourth-order valence-electron chi connectivity index (χ4n) is 1.01. The van der Waals surface area contributed by atoms with Gasteiger partial charge in [-0.1, -0.05) is 11.8 Å². The summed E-state index contributed by atoms with van der Waals surface area (Å²) in [5, 5.41) is 8.81. The molecule has 14 heavy (non-hydrogen) atoms. The minimum atomic E-state index is 0.499. The number of hydrogen-bond donors (Lipinski definition) is 1. The van der Waals surface area contributed by atoms with E-state index in [2.05, 4.69) is 30.5 Å². The molecular formula is C11H9NOS. The number of ether oxygens (including phenoxy) is 1. The highest BCUT2D eigenvalue weighted by Crippen LogP contribution is 2.17.